The highest BCUT2D eigenvalue weighted by atomic mass is 14.4. The summed E-state index contributed by atoms with van der Waals surface area (Å²) in [5, 5.41) is 0. The van der Waals surface area contributed by atoms with Crippen molar-refractivity contribution in [2.45, 2.75) is 116 Å². The zero-order valence-corrected chi connectivity index (χ0v) is 18.1. The molecule has 2 aliphatic carbocycles. The van der Waals surface area contributed by atoms with Crippen molar-refractivity contribution in [3.8, 4) is 0 Å². The number of hydrogen-bond donors (Lipinski definition) is 0. The highest BCUT2D eigenvalue weighted by molar-refractivity contribution is 5.27. The van der Waals surface area contributed by atoms with Crippen LogP contribution in [0.1, 0.15) is 121 Å². The van der Waals surface area contributed by atoms with Gasteiger partial charge in [0.15, 0.2) is 0 Å². The van der Waals surface area contributed by atoms with E-state index in [0.29, 0.717) is 5.41 Å². The molecule has 1 fully saturated rings. The number of hydrogen-bond acceptors (Lipinski definition) is 0. The van der Waals surface area contributed by atoms with Crippen LogP contribution in [0.3, 0.4) is 0 Å². The van der Waals surface area contributed by atoms with Crippen molar-refractivity contribution in [3.05, 3.63) is 47.0 Å². The molecule has 0 aliphatic heterocycles. The van der Waals surface area contributed by atoms with Gasteiger partial charge in [0.25, 0.3) is 0 Å². The van der Waals surface area contributed by atoms with Crippen LogP contribution in [-0.2, 0) is 6.42 Å². The molecular weight excluding hydrogens is 324 g/mol. The molecule has 2 aliphatic rings. The maximum Gasteiger partial charge on any atom is -0.0125 e. The number of aryl methyl sites for hydroxylation is 1. The summed E-state index contributed by atoms with van der Waals surface area (Å²) in [5.41, 5.74) is 5.51. The van der Waals surface area contributed by atoms with Crippen LogP contribution in [0.2, 0.25) is 0 Å². The molecule has 1 saturated carbocycles. The van der Waals surface area contributed by atoms with Gasteiger partial charge in [0.1, 0.15) is 0 Å². The molecule has 1 aromatic rings. The molecule has 1 atom stereocenters. The molecular formula is C27H42. The molecule has 0 heterocycles. The third-order valence-electron chi connectivity index (χ3n) is 7.57. The predicted octanol–water partition coefficient (Wildman–Crippen LogP) is 8.75. The van der Waals surface area contributed by atoms with Crippen molar-refractivity contribution in [2.75, 3.05) is 0 Å². The Labute approximate surface area is 168 Å². The van der Waals surface area contributed by atoms with E-state index in [-0.39, 0.29) is 0 Å². The molecule has 150 valence electrons. The summed E-state index contributed by atoms with van der Waals surface area (Å²) in [6.45, 7) is 4.73. The first-order valence-corrected chi connectivity index (χ1v) is 12.0. The fourth-order valence-electron chi connectivity index (χ4n) is 5.60. The maximum atomic E-state index is 2.57. The lowest BCUT2D eigenvalue weighted by molar-refractivity contribution is 0.156. The average Bonchev–Trinajstić information content (AvgIpc) is 2.73. The van der Waals surface area contributed by atoms with Crippen LogP contribution in [0.15, 0.2) is 35.9 Å². The average molecular weight is 367 g/mol. The van der Waals surface area contributed by atoms with Gasteiger partial charge in [-0.1, -0.05) is 81.9 Å². The van der Waals surface area contributed by atoms with Gasteiger partial charge >= 0.3 is 0 Å². The first kappa shape index (κ1) is 20.7. The van der Waals surface area contributed by atoms with Gasteiger partial charge in [-0.2, -0.15) is 0 Å². The van der Waals surface area contributed by atoms with Gasteiger partial charge in [-0.05, 0) is 86.7 Å². The van der Waals surface area contributed by atoms with E-state index in [9.17, 15) is 0 Å². The van der Waals surface area contributed by atoms with Crippen molar-refractivity contribution >= 4 is 0 Å². The van der Waals surface area contributed by atoms with Gasteiger partial charge in [-0.3, -0.25) is 0 Å². The fourth-order valence-corrected chi connectivity index (χ4v) is 5.60. The molecule has 3 rings (SSSR count). The standard InChI is InChI=1S/C27H42/c1-3-11-23-14-16-25(17-15-23)26(22-24-12-7-5-8-13-24)18-21-27(4-2)19-9-6-10-20-27/h12,14-17,26H,3-11,13,18-22H2,1-2H3. The number of rotatable bonds is 9. The van der Waals surface area contributed by atoms with Crippen LogP contribution < -0.4 is 0 Å². The van der Waals surface area contributed by atoms with E-state index in [1.54, 1.807) is 11.1 Å². The van der Waals surface area contributed by atoms with Crippen LogP contribution in [0.4, 0.5) is 0 Å². The highest BCUT2D eigenvalue weighted by Crippen LogP contribution is 2.45. The molecule has 0 nitrogen and oxygen atoms in total. The van der Waals surface area contributed by atoms with E-state index in [4.69, 9.17) is 0 Å². The van der Waals surface area contributed by atoms with Crippen LogP contribution >= 0.6 is 0 Å². The summed E-state index contributed by atoms with van der Waals surface area (Å²) in [6.07, 6.45) is 23.4. The van der Waals surface area contributed by atoms with Gasteiger partial charge in [0.05, 0.1) is 0 Å². The zero-order valence-electron chi connectivity index (χ0n) is 18.1. The molecule has 0 saturated heterocycles. The molecule has 0 bridgehead atoms. The second-order valence-electron chi connectivity index (χ2n) is 9.45. The first-order valence-electron chi connectivity index (χ1n) is 12.0. The Bertz CT molecular complexity index is 571. The maximum absolute atomic E-state index is 2.57. The van der Waals surface area contributed by atoms with Crippen LogP contribution in [0.5, 0.6) is 0 Å². The molecule has 27 heavy (non-hydrogen) atoms. The fraction of sp³-hybridized carbons (Fsp3) is 0.704. The minimum Gasteiger partial charge on any atom is -0.0853 e. The van der Waals surface area contributed by atoms with Gasteiger partial charge in [-0.25, -0.2) is 0 Å². The van der Waals surface area contributed by atoms with Gasteiger partial charge in [0, 0.05) is 0 Å². The van der Waals surface area contributed by atoms with Crippen molar-refractivity contribution in [1.82, 2.24) is 0 Å². The molecule has 1 unspecified atom stereocenters. The Balaban J connectivity index is 1.71. The summed E-state index contributed by atoms with van der Waals surface area (Å²) in [4.78, 5) is 0. The molecule has 0 aromatic heterocycles. The van der Waals surface area contributed by atoms with Crippen molar-refractivity contribution in [1.29, 1.82) is 0 Å². The van der Waals surface area contributed by atoms with Crippen molar-refractivity contribution in [2.24, 2.45) is 5.41 Å². The third-order valence-corrected chi connectivity index (χ3v) is 7.57. The first-order chi connectivity index (χ1) is 13.2. The molecule has 0 spiro atoms. The zero-order chi connectivity index (χ0) is 19.0. The summed E-state index contributed by atoms with van der Waals surface area (Å²) < 4.78 is 0. The van der Waals surface area contributed by atoms with E-state index >= 15 is 0 Å². The topological polar surface area (TPSA) is 0 Å². The number of allylic oxidation sites excluding steroid dienone is 2. The van der Waals surface area contributed by atoms with Crippen LogP contribution in [0, 0.1) is 5.41 Å². The normalized spacial score (nSPS) is 20.9. The Morgan fingerprint density at radius 1 is 0.926 bits per heavy atom. The smallest absolute Gasteiger partial charge is 0.0125 e. The number of benzene rings is 1. The second-order valence-corrected chi connectivity index (χ2v) is 9.45. The van der Waals surface area contributed by atoms with E-state index in [1.807, 2.05) is 0 Å². The predicted molar refractivity (Wildman–Crippen MR) is 119 cm³/mol. The molecule has 0 heteroatoms. The summed E-state index contributed by atoms with van der Waals surface area (Å²) in [6, 6.07) is 9.71. The summed E-state index contributed by atoms with van der Waals surface area (Å²) in [5.74, 6) is 0.732. The van der Waals surface area contributed by atoms with Crippen molar-refractivity contribution < 1.29 is 0 Å². The Morgan fingerprint density at radius 3 is 2.33 bits per heavy atom. The second kappa shape index (κ2) is 10.5. The van der Waals surface area contributed by atoms with Gasteiger partial charge in [-0.15, -0.1) is 0 Å². The largest absolute Gasteiger partial charge is 0.0853 e. The SMILES string of the molecule is CCCc1ccc(C(CCC2(CC)CCCCC2)CC2=CCCCC2)cc1. The Morgan fingerprint density at radius 2 is 1.70 bits per heavy atom. The van der Waals surface area contributed by atoms with Gasteiger partial charge in [0.2, 0.25) is 0 Å². The lowest BCUT2D eigenvalue weighted by Gasteiger charge is -2.38. The highest BCUT2D eigenvalue weighted by Gasteiger charge is 2.31. The quantitative estimate of drug-likeness (QED) is 0.383. The molecule has 0 amide bonds. The minimum atomic E-state index is 0.652. The molecule has 1 aromatic carbocycles. The molecule has 0 radical (unpaired) electrons. The Hall–Kier alpha value is -1.04. The van der Waals surface area contributed by atoms with E-state index in [1.165, 1.54) is 102 Å². The minimum absolute atomic E-state index is 0.652. The van der Waals surface area contributed by atoms with Crippen LogP contribution in [-0.4, -0.2) is 0 Å². The van der Waals surface area contributed by atoms with Crippen molar-refractivity contribution in [3.63, 3.8) is 0 Å². The monoisotopic (exact) mass is 366 g/mol. The van der Waals surface area contributed by atoms with E-state index < -0.39 is 0 Å². The lowest BCUT2D eigenvalue weighted by atomic mass is 9.68. The summed E-state index contributed by atoms with van der Waals surface area (Å²) >= 11 is 0. The summed E-state index contributed by atoms with van der Waals surface area (Å²) in [7, 11) is 0. The van der Waals surface area contributed by atoms with E-state index in [0.717, 1.165) is 5.92 Å². The Kier molecular flexibility index (Phi) is 8.04. The van der Waals surface area contributed by atoms with Gasteiger partial charge < -0.3 is 0 Å². The lowest BCUT2D eigenvalue weighted by Crippen LogP contribution is -2.24. The van der Waals surface area contributed by atoms with E-state index in [2.05, 4.69) is 44.2 Å². The van der Waals surface area contributed by atoms with Crippen LogP contribution in [0.25, 0.3) is 0 Å². The third kappa shape index (κ3) is 5.97. The molecule has 0 N–H and O–H groups in total.